The van der Waals surface area contributed by atoms with Crippen LogP contribution in [-0.4, -0.2) is 34.7 Å². The third kappa shape index (κ3) is 3.82. The highest BCUT2D eigenvalue weighted by molar-refractivity contribution is 6.01. The zero-order chi connectivity index (χ0) is 17.1. The molecule has 128 valence electrons. The normalized spacial score (nSPS) is 24.3. The minimum Gasteiger partial charge on any atom is -0.349 e. The Morgan fingerprint density at radius 3 is 2.21 bits per heavy atom. The van der Waals surface area contributed by atoms with Crippen LogP contribution < -0.4 is 11.1 Å². The lowest BCUT2D eigenvalue weighted by molar-refractivity contribution is -0.139. The smallest absolute Gasteiger partial charge is 0.251 e. The van der Waals surface area contributed by atoms with Crippen LogP contribution in [0.1, 0.15) is 54.4 Å². The Bertz CT molecular complexity index is 617. The molecule has 1 aliphatic heterocycles. The molecule has 1 saturated carbocycles. The lowest BCUT2D eigenvalue weighted by Gasteiger charge is -2.26. The van der Waals surface area contributed by atoms with Gasteiger partial charge in [-0.1, -0.05) is 12.1 Å². The van der Waals surface area contributed by atoms with Crippen molar-refractivity contribution in [2.24, 2.45) is 5.73 Å². The molecule has 1 aromatic carbocycles. The van der Waals surface area contributed by atoms with Crippen LogP contribution in [0.4, 0.5) is 0 Å². The Hall–Kier alpha value is -2.21. The molecule has 1 aromatic rings. The largest absolute Gasteiger partial charge is 0.349 e. The number of hydrogen-bond donors (Lipinski definition) is 2. The first kappa shape index (κ1) is 16.6. The average Bonchev–Trinajstić information content (AvgIpc) is 2.89. The van der Waals surface area contributed by atoms with Crippen molar-refractivity contribution in [3.8, 4) is 0 Å². The first-order chi connectivity index (χ1) is 11.5. The van der Waals surface area contributed by atoms with Gasteiger partial charge in [0.15, 0.2) is 0 Å². The Morgan fingerprint density at radius 1 is 1.04 bits per heavy atom. The molecule has 3 N–H and O–H groups in total. The molecule has 1 saturated heterocycles. The van der Waals surface area contributed by atoms with E-state index in [1.54, 1.807) is 24.3 Å². The van der Waals surface area contributed by atoms with E-state index in [1.165, 1.54) is 4.90 Å². The Balaban J connectivity index is 1.56. The number of amides is 3. The number of benzene rings is 1. The van der Waals surface area contributed by atoms with E-state index in [1.807, 2.05) is 0 Å². The van der Waals surface area contributed by atoms with Gasteiger partial charge in [0.1, 0.15) is 0 Å². The second kappa shape index (κ2) is 7.13. The number of carbonyl (C=O) groups excluding carboxylic acids is 3. The van der Waals surface area contributed by atoms with Crippen LogP contribution in [0.25, 0.3) is 0 Å². The van der Waals surface area contributed by atoms with Crippen molar-refractivity contribution in [3.63, 3.8) is 0 Å². The van der Waals surface area contributed by atoms with Crippen LogP contribution in [0.5, 0.6) is 0 Å². The van der Waals surface area contributed by atoms with Crippen molar-refractivity contribution >= 4 is 17.7 Å². The van der Waals surface area contributed by atoms with Gasteiger partial charge in [-0.3, -0.25) is 19.3 Å². The van der Waals surface area contributed by atoms with E-state index in [-0.39, 0.29) is 36.3 Å². The first-order valence-electron chi connectivity index (χ1n) is 8.51. The molecule has 3 amide bonds. The first-order valence-corrected chi connectivity index (χ1v) is 8.51. The second-order valence-electron chi connectivity index (χ2n) is 6.66. The Morgan fingerprint density at radius 2 is 1.62 bits per heavy atom. The molecular formula is C18H23N3O3. The predicted octanol–water partition coefficient (Wildman–Crippen LogP) is 1.34. The van der Waals surface area contributed by atoms with Crippen LogP contribution in [0.3, 0.4) is 0 Å². The molecule has 6 nitrogen and oxygen atoms in total. The highest BCUT2D eigenvalue weighted by atomic mass is 16.2. The summed E-state index contributed by atoms with van der Waals surface area (Å²) < 4.78 is 0. The molecule has 0 atom stereocenters. The Labute approximate surface area is 141 Å². The summed E-state index contributed by atoms with van der Waals surface area (Å²) >= 11 is 0. The molecule has 0 aromatic heterocycles. The van der Waals surface area contributed by atoms with Gasteiger partial charge in [0, 0.05) is 30.5 Å². The maximum Gasteiger partial charge on any atom is 0.251 e. The summed E-state index contributed by atoms with van der Waals surface area (Å²) in [6, 6.07) is 7.52. The Kier molecular flexibility index (Phi) is 4.94. The highest BCUT2D eigenvalue weighted by Gasteiger charge is 2.28. The third-order valence-electron chi connectivity index (χ3n) is 4.82. The average molecular weight is 329 g/mol. The summed E-state index contributed by atoms with van der Waals surface area (Å²) in [6.07, 6.45) is 4.33. The zero-order valence-corrected chi connectivity index (χ0v) is 13.7. The van der Waals surface area contributed by atoms with Crippen LogP contribution in [0.2, 0.25) is 0 Å². The van der Waals surface area contributed by atoms with Gasteiger partial charge >= 0.3 is 0 Å². The molecule has 24 heavy (non-hydrogen) atoms. The maximum absolute atomic E-state index is 12.3. The SMILES string of the molecule is NC1CCC(NC(=O)c2ccc(CN3C(=O)CCC3=O)cc2)CC1. The number of nitrogens with zero attached hydrogens (tertiary/aromatic N) is 1. The molecule has 3 rings (SSSR count). The fraction of sp³-hybridized carbons (Fsp3) is 0.500. The van der Waals surface area contributed by atoms with Crippen molar-refractivity contribution in [1.82, 2.24) is 10.2 Å². The van der Waals surface area contributed by atoms with E-state index < -0.39 is 0 Å². The number of nitrogens with two attached hydrogens (primary N) is 1. The third-order valence-corrected chi connectivity index (χ3v) is 4.82. The van der Waals surface area contributed by atoms with E-state index >= 15 is 0 Å². The fourth-order valence-electron chi connectivity index (χ4n) is 3.28. The summed E-state index contributed by atoms with van der Waals surface area (Å²) in [5, 5.41) is 3.05. The summed E-state index contributed by atoms with van der Waals surface area (Å²) in [5.41, 5.74) is 7.31. The van der Waals surface area contributed by atoms with Crippen molar-refractivity contribution in [3.05, 3.63) is 35.4 Å². The number of rotatable bonds is 4. The van der Waals surface area contributed by atoms with Crippen LogP contribution >= 0.6 is 0 Å². The van der Waals surface area contributed by atoms with E-state index in [4.69, 9.17) is 5.73 Å². The molecule has 6 heteroatoms. The molecule has 0 spiro atoms. The lowest BCUT2D eigenvalue weighted by atomic mass is 9.91. The number of likely N-dealkylation sites (tertiary alicyclic amines) is 1. The molecular weight excluding hydrogens is 306 g/mol. The van der Waals surface area contributed by atoms with Crippen molar-refractivity contribution in [1.29, 1.82) is 0 Å². The van der Waals surface area contributed by atoms with Gasteiger partial charge in [0.25, 0.3) is 5.91 Å². The van der Waals surface area contributed by atoms with Crippen molar-refractivity contribution in [2.75, 3.05) is 0 Å². The molecule has 2 aliphatic rings. The van der Waals surface area contributed by atoms with Crippen LogP contribution in [0.15, 0.2) is 24.3 Å². The van der Waals surface area contributed by atoms with Crippen LogP contribution in [-0.2, 0) is 16.1 Å². The summed E-state index contributed by atoms with van der Waals surface area (Å²) in [4.78, 5) is 36.9. The standard InChI is InChI=1S/C18H23N3O3/c19-14-5-7-15(8-6-14)20-18(24)13-3-1-12(2-4-13)11-21-16(22)9-10-17(21)23/h1-4,14-15H,5-11,19H2,(H,20,24). The molecule has 2 fully saturated rings. The summed E-state index contributed by atoms with van der Waals surface area (Å²) in [6.45, 7) is 0.278. The zero-order valence-electron chi connectivity index (χ0n) is 13.7. The van der Waals surface area contributed by atoms with Gasteiger partial charge in [0.2, 0.25) is 11.8 Å². The molecule has 1 heterocycles. The van der Waals surface area contributed by atoms with Gasteiger partial charge in [-0.15, -0.1) is 0 Å². The van der Waals surface area contributed by atoms with Gasteiger partial charge in [0.05, 0.1) is 6.54 Å². The fourth-order valence-corrected chi connectivity index (χ4v) is 3.28. The quantitative estimate of drug-likeness (QED) is 0.815. The molecule has 0 bridgehead atoms. The highest BCUT2D eigenvalue weighted by Crippen LogP contribution is 2.18. The second-order valence-corrected chi connectivity index (χ2v) is 6.66. The number of nitrogens with one attached hydrogen (secondary N) is 1. The lowest BCUT2D eigenvalue weighted by Crippen LogP contribution is -2.40. The number of imide groups is 1. The summed E-state index contributed by atoms with van der Waals surface area (Å²) in [5.74, 6) is -0.343. The van der Waals surface area contributed by atoms with Crippen LogP contribution in [0, 0.1) is 0 Å². The molecule has 0 radical (unpaired) electrons. The molecule has 0 unspecified atom stereocenters. The minimum absolute atomic E-state index is 0.0876. The number of hydrogen-bond acceptors (Lipinski definition) is 4. The molecule has 1 aliphatic carbocycles. The van der Waals surface area contributed by atoms with Gasteiger partial charge in [-0.05, 0) is 43.4 Å². The topological polar surface area (TPSA) is 92.5 Å². The van der Waals surface area contributed by atoms with Gasteiger partial charge in [-0.2, -0.15) is 0 Å². The van der Waals surface area contributed by atoms with Gasteiger partial charge in [-0.25, -0.2) is 0 Å². The maximum atomic E-state index is 12.3. The van der Waals surface area contributed by atoms with E-state index in [0.29, 0.717) is 18.4 Å². The van der Waals surface area contributed by atoms with E-state index in [0.717, 1.165) is 31.2 Å². The minimum atomic E-state index is -0.127. The predicted molar refractivity (Wildman–Crippen MR) is 88.9 cm³/mol. The summed E-state index contributed by atoms with van der Waals surface area (Å²) in [7, 11) is 0. The van der Waals surface area contributed by atoms with Crippen molar-refractivity contribution < 1.29 is 14.4 Å². The van der Waals surface area contributed by atoms with Crippen molar-refractivity contribution in [2.45, 2.75) is 57.2 Å². The monoisotopic (exact) mass is 329 g/mol. The van der Waals surface area contributed by atoms with E-state index in [2.05, 4.69) is 5.32 Å². The number of carbonyl (C=O) groups is 3. The van der Waals surface area contributed by atoms with E-state index in [9.17, 15) is 14.4 Å². The van der Waals surface area contributed by atoms with Gasteiger partial charge < -0.3 is 11.1 Å².